The zero-order chi connectivity index (χ0) is 17.7. The quantitative estimate of drug-likeness (QED) is 0.757. The maximum absolute atomic E-state index is 12.3. The van der Waals surface area contributed by atoms with E-state index in [4.69, 9.17) is 16.3 Å². The summed E-state index contributed by atoms with van der Waals surface area (Å²) >= 11 is 6.19. The minimum Gasteiger partial charge on any atom is -0.375 e. The first-order valence-corrected chi connectivity index (χ1v) is 8.50. The Hall–Kier alpha value is -1.63. The Labute approximate surface area is 147 Å². The van der Waals surface area contributed by atoms with Crippen LogP contribution in [-0.2, 0) is 9.53 Å². The minimum atomic E-state index is -0.411. The number of morpholine rings is 1. The van der Waals surface area contributed by atoms with Crippen molar-refractivity contribution in [2.24, 2.45) is 5.92 Å². The van der Waals surface area contributed by atoms with Crippen molar-refractivity contribution in [2.75, 3.05) is 25.0 Å². The summed E-state index contributed by atoms with van der Waals surface area (Å²) in [5.74, 6) is -0.0451. The molecule has 0 saturated carbocycles. The van der Waals surface area contributed by atoms with Crippen LogP contribution in [0.1, 0.15) is 31.1 Å². The van der Waals surface area contributed by atoms with E-state index in [1.165, 1.54) is 0 Å². The molecule has 2 amide bonds. The minimum absolute atomic E-state index is 0.185. The second kappa shape index (κ2) is 8.46. The molecule has 132 valence electrons. The molecule has 0 radical (unpaired) electrons. The number of rotatable bonds is 5. The molecule has 2 rings (SSSR count). The Morgan fingerprint density at radius 1 is 1.42 bits per heavy atom. The highest BCUT2D eigenvalue weighted by Gasteiger charge is 2.28. The van der Waals surface area contributed by atoms with Gasteiger partial charge in [-0.05, 0) is 31.0 Å². The Morgan fingerprint density at radius 3 is 2.79 bits per heavy atom. The fourth-order valence-electron chi connectivity index (χ4n) is 2.42. The molecule has 1 fully saturated rings. The number of hydrogen-bond acceptors (Lipinski definition) is 4. The summed E-state index contributed by atoms with van der Waals surface area (Å²) in [4.78, 5) is 24.4. The van der Waals surface area contributed by atoms with Gasteiger partial charge in [-0.2, -0.15) is 0 Å². The van der Waals surface area contributed by atoms with Crippen molar-refractivity contribution in [2.45, 2.75) is 32.9 Å². The van der Waals surface area contributed by atoms with Gasteiger partial charge in [-0.25, -0.2) is 0 Å². The molecule has 3 N–H and O–H groups in total. The number of hydrogen-bond donors (Lipinski definition) is 3. The van der Waals surface area contributed by atoms with E-state index in [1.807, 2.05) is 20.8 Å². The Balaban J connectivity index is 2.01. The lowest BCUT2D eigenvalue weighted by molar-refractivity contribution is -0.123. The molecule has 1 aromatic rings. The zero-order valence-corrected chi connectivity index (χ0v) is 14.9. The van der Waals surface area contributed by atoms with E-state index in [0.717, 1.165) is 0 Å². The number of amides is 2. The summed E-state index contributed by atoms with van der Waals surface area (Å²) in [5, 5.41) is 9.05. The van der Waals surface area contributed by atoms with Crippen LogP contribution in [-0.4, -0.2) is 43.7 Å². The van der Waals surface area contributed by atoms with Crippen molar-refractivity contribution in [3.63, 3.8) is 0 Å². The number of halogens is 1. The second-order valence-corrected chi connectivity index (χ2v) is 6.70. The molecule has 1 saturated heterocycles. The standard InChI is InChI=1S/C17H24ClN3O3/c1-10(2)9-20-16(22)13-5-4-12(8-14(13)18)21-17(23)15-11(3)24-7-6-19-15/h4-5,8,10-11,15,19H,6-7,9H2,1-3H3,(H,20,22)(H,21,23)/t11-,15+/m1/s1. The highest BCUT2D eigenvalue weighted by atomic mass is 35.5. The number of benzene rings is 1. The predicted octanol–water partition coefficient (Wildman–Crippen LogP) is 2.04. The zero-order valence-electron chi connectivity index (χ0n) is 14.2. The van der Waals surface area contributed by atoms with Crippen molar-refractivity contribution in [1.82, 2.24) is 10.6 Å². The highest BCUT2D eigenvalue weighted by molar-refractivity contribution is 6.34. The average Bonchev–Trinajstić information content (AvgIpc) is 2.53. The molecule has 2 atom stereocenters. The van der Waals surface area contributed by atoms with Gasteiger partial charge in [0.05, 0.1) is 23.3 Å². The van der Waals surface area contributed by atoms with Crippen molar-refractivity contribution in [3.05, 3.63) is 28.8 Å². The SMILES string of the molecule is CC(C)CNC(=O)c1ccc(NC(=O)[C@H]2NCCO[C@@H]2C)cc1Cl. The lowest BCUT2D eigenvalue weighted by Gasteiger charge is -2.29. The Kier molecular flexibility index (Phi) is 6.60. The van der Waals surface area contributed by atoms with Crippen molar-refractivity contribution in [3.8, 4) is 0 Å². The molecule has 1 aromatic carbocycles. The van der Waals surface area contributed by atoms with Crippen molar-refractivity contribution in [1.29, 1.82) is 0 Å². The smallest absolute Gasteiger partial charge is 0.252 e. The first-order valence-electron chi connectivity index (χ1n) is 8.12. The van der Waals surface area contributed by atoms with Gasteiger partial charge >= 0.3 is 0 Å². The van der Waals surface area contributed by atoms with E-state index in [9.17, 15) is 9.59 Å². The molecule has 0 aliphatic carbocycles. The number of nitrogens with one attached hydrogen (secondary N) is 3. The van der Waals surface area contributed by atoms with Crippen LogP contribution in [0.2, 0.25) is 5.02 Å². The molecule has 0 aromatic heterocycles. The average molecular weight is 354 g/mol. The third kappa shape index (κ3) is 4.93. The Bertz CT molecular complexity index is 607. The van der Waals surface area contributed by atoms with Gasteiger partial charge < -0.3 is 20.7 Å². The molecule has 6 nitrogen and oxygen atoms in total. The molecular weight excluding hydrogens is 330 g/mol. The first kappa shape index (κ1) is 18.7. The van der Waals surface area contributed by atoms with E-state index in [2.05, 4.69) is 16.0 Å². The fraction of sp³-hybridized carbons (Fsp3) is 0.529. The summed E-state index contributed by atoms with van der Waals surface area (Å²) < 4.78 is 5.47. The third-order valence-electron chi connectivity index (χ3n) is 3.75. The molecule has 1 aliphatic heterocycles. The monoisotopic (exact) mass is 353 g/mol. The van der Waals surface area contributed by atoms with Crippen LogP contribution in [0.3, 0.4) is 0 Å². The van der Waals surface area contributed by atoms with E-state index in [-0.39, 0.29) is 17.9 Å². The molecule has 0 spiro atoms. The number of ether oxygens (including phenoxy) is 1. The van der Waals surface area contributed by atoms with Crippen LogP contribution in [0, 0.1) is 5.92 Å². The van der Waals surface area contributed by atoms with Gasteiger partial charge in [0.15, 0.2) is 0 Å². The lowest BCUT2D eigenvalue weighted by Crippen LogP contribution is -2.53. The highest BCUT2D eigenvalue weighted by Crippen LogP contribution is 2.21. The number of carbonyl (C=O) groups excluding carboxylic acids is 2. The molecule has 1 heterocycles. The predicted molar refractivity (Wildman–Crippen MR) is 94.5 cm³/mol. The molecular formula is C17H24ClN3O3. The van der Waals surface area contributed by atoms with Gasteiger partial charge in [0.1, 0.15) is 6.04 Å². The second-order valence-electron chi connectivity index (χ2n) is 6.30. The van der Waals surface area contributed by atoms with Gasteiger partial charge in [0.25, 0.3) is 5.91 Å². The topological polar surface area (TPSA) is 79.5 Å². The van der Waals surface area contributed by atoms with Crippen LogP contribution in [0.25, 0.3) is 0 Å². The maximum atomic E-state index is 12.3. The molecule has 0 unspecified atom stereocenters. The summed E-state index contributed by atoms with van der Waals surface area (Å²) in [6.07, 6.45) is -0.199. The van der Waals surface area contributed by atoms with Crippen LogP contribution in [0.15, 0.2) is 18.2 Å². The normalized spacial score (nSPS) is 20.7. The third-order valence-corrected chi connectivity index (χ3v) is 4.06. The van der Waals surface area contributed by atoms with E-state index >= 15 is 0 Å². The van der Waals surface area contributed by atoms with Gasteiger partial charge in [0, 0.05) is 18.8 Å². The molecule has 1 aliphatic rings. The molecule has 0 bridgehead atoms. The largest absolute Gasteiger partial charge is 0.375 e. The summed E-state index contributed by atoms with van der Waals surface area (Å²) in [5.41, 5.74) is 0.938. The van der Waals surface area contributed by atoms with Gasteiger partial charge in [-0.15, -0.1) is 0 Å². The maximum Gasteiger partial charge on any atom is 0.252 e. The number of anilines is 1. The summed E-state index contributed by atoms with van der Waals surface area (Å²) in [7, 11) is 0. The van der Waals surface area contributed by atoms with Crippen LogP contribution in [0.5, 0.6) is 0 Å². The molecule has 7 heteroatoms. The van der Waals surface area contributed by atoms with Gasteiger partial charge in [-0.3, -0.25) is 9.59 Å². The number of carbonyl (C=O) groups is 2. The van der Waals surface area contributed by atoms with Crippen LogP contribution in [0.4, 0.5) is 5.69 Å². The van der Waals surface area contributed by atoms with E-state index in [0.29, 0.717) is 41.9 Å². The summed E-state index contributed by atoms with van der Waals surface area (Å²) in [6, 6.07) is 4.45. The van der Waals surface area contributed by atoms with Crippen LogP contribution >= 0.6 is 11.6 Å². The van der Waals surface area contributed by atoms with E-state index < -0.39 is 6.04 Å². The first-order chi connectivity index (χ1) is 11.4. The van der Waals surface area contributed by atoms with Gasteiger partial charge in [0.2, 0.25) is 5.91 Å². The van der Waals surface area contributed by atoms with Gasteiger partial charge in [-0.1, -0.05) is 25.4 Å². The molecule has 24 heavy (non-hydrogen) atoms. The summed E-state index contributed by atoms with van der Waals surface area (Å²) in [6.45, 7) is 7.70. The fourth-order valence-corrected chi connectivity index (χ4v) is 2.68. The van der Waals surface area contributed by atoms with Crippen molar-refractivity contribution >= 4 is 29.1 Å². The lowest BCUT2D eigenvalue weighted by atomic mass is 10.1. The Morgan fingerprint density at radius 2 is 2.17 bits per heavy atom. The van der Waals surface area contributed by atoms with Crippen molar-refractivity contribution < 1.29 is 14.3 Å². The van der Waals surface area contributed by atoms with Crippen LogP contribution < -0.4 is 16.0 Å². The van der Waals surface area contributed by atoms with E-state index in [1.54, 1.807) is 18.2 Å².